The highest BCUT2D eigenvalue weighted by molar-refractivity contribution is 5.97. The van der Waals surface area contributed by atoms with Crippen LogP contribution in [0.2, 0.25) is 0 Å². The first-order valence-corrected chi connectivity index (χ1v) is 7.24. The molecule has 0 radical (unpaired) electrons. The summed E-state index contributed by atoms with van der Waals surface area (Å²) in [6.07, 6.45) is 0. The Bertz CT molecular complexity index is 702. The van der Waals surface area contributed by atoms with E-state index in [0.717, 1.165) is 22.7 Å². The van der Waals surface area contributed by atoms with Crippen molar-refractivity contribution in [3.63, 3.8) is 0 Å². The van der Waals surface area contributed by atoms with Gasteiger partial charge in [-0.05, 0) is 33.8 Å². The number of hydrogen-bond acceptors (Lipinski definition) is 3. The highest BCUT2D eigenvalue weighted by Crippen LogP contribution is 2.29. The third-order valence-corrected chi connectivity index (χ3v) is 3.94. The highest BCUT2D eigenvalue weighted by Gasteiger charge is 2.28. The van der Waals surface area contributed by atoms with Crippen molar-refractivity contribution in [3.05, 3.63) is 46.8 Å². The number of aromatic nitrogens is 2. The summed E-state index contributed by atoms with van der Waals surface area (Å²) >= 11 is 0. The SMILES string of the molecule is COc1ccccc1C(C)(C)NC(=O)c1c(C)nn(C)c1C. The molecule has 1 heterocycles. The van der Waals surface area contributed by atoms with Gasteiger partial charge in [-0.1, -0.05) is 18.2 Å². The van der Waals surface area contributed by atoms with Crippen molar-refractivity contribution in [2.75, 3.05) is 7.11 Å². The van der Waals surface area contributed by atoms with Gasteiger partial charge in [0, 0.05) is 18.3 Å². The highest BCUT2D eigenvalue weighted by atomic mass is 16.5. The van der Waals surface area contributed by atoms with E-state index in [9.17, 15) is 4.79 Å². The molecular formula is C17H23N3O2. The van der Waals surface area contributed by atoms with E-state index in [-0.39, 0.29) is 5.91 Å². The zero-order chi connectivity index (χ0) is 16.5. The lowest BCUT2D eigenvalue weighted by Gasteiger charge is -2.28. The Balaban J connectivity index is 2.34. The zero-order valence-corrected chi connectivity index (χ0v) is 14.0. The largest absolute Gasteiger partial charge is 0.496 e. The molecule has 5 heteroatoms. The maximum atomic E-state index is 12.7. The summed E-state index contributed by atoms with van der Waals surface area (Å²) in [6, 6.07) is 7.70. The van der Waals surface area contributed by atoms with E-state index in [1.165, 1.54) is 0 Å². The van der Waals surface area contributed by atoms with Gasteiger partial charge in [0.05, 0.1) is 23.9 Å². The summed E-state index contributed by atoms with van der Waals surface area (Å²) in [7, 11) is 3.47. The molecule has 0 bridgehead atoms. The normalized spacial score (nSPS) is 11.4. The van der Waals surface area contributed by atoms with E-state index in [1.54, 1.807) is 11.8 Å². The molecule has 0 aliphatic heterocycles. The second-order valence-corrected chi connectivity index (χ2v) is 5.95. The van der Waals surface area contributed by atoms with Crippen molar-refractivity contribution >= 4 is 5.91 Å². The molecule has 1 N–H and O–H groups in total. The maximum Gasteiger partial charge on any atom is 0.255 e. The number of nitrogens with zero attached hydrogens (tertiary/aromatic N) is 2. The molecule has 0 aliphatic rings. The Morgan fingerprint density at radius 1 is 1.27 bits per heavy atom. The van der Waals surface area contributed by atoms with Crippen LogP contribution in [-0.2, 0) is 12.6 Å². The molecular weight excluding hydrogens is 278 g/mol. The molecule has 0 unspecified atom stereocenters. The number of carbonyl (C=O) groups excluding carboxylic acids is 1. The molecule has 22 heavy (non-hydrogen) atoms. The average Bonchev–Trinajstić information content (AvgIpc) is 2.71. The average molecular weight is 301 g/mol. The predicted octanol–water partition coefficient (Wildman–Crippen LogP) is 2.71. The molecule has 0 saturated carbocycles. The fourth-order valence-corrected chi connectivity index (χ4v) is 2.68. The molecule has 0 atom stereocenters. The van der Waals surface area contributed by atoms with Crippen LogP contribution in [0.25, 0.3) is 0 Å². The Morgan fingerprint density at radius 3 is 2.45 bits per heavy atom. The Kier molecular flexibility index (Phi) is 4.26. The fraction of sp³-hybridized carbons (Fsp3) is 0.412. The van der Waals surface area contributed by atoms with Crippen LogP contribution in [-0.4, -0.2) is 22.8 Å². The molecule has 2 rings (SSSR count). The lowest BCUT2D eigenvalue weighted by Crippen LogP contribution is -2.41. The smallest absolute Gasteiger partial charge is 0.255 e. The maximum absolute atomic E-state index is 12.7. The van der Waals surface area contributed by atoms with Gasteiger partial charge in [0.15, 0.2) is 0 Å². The summed E-state index contributed by atoms with van der Waals surface area (Å²) in [5, 5.41) is 7.39. The predicted molar refractivity (Wildman–Crippen MR) is 86.2 cm³/mol. The molecule has 0 spiro atoms. The van der Waals surface area contributed by atoms with Crippen LogP contribution < -0.4 is 10.1 Å². The Hall–Kier alpha value is -2.30. The van der Waals surface area contributed by atoms with Gasteiger partial charge in [-0.25, -0.2) is 0 Å². The summed E-state index contributed by atoms with van der Waals surface area (Å²) in [5.41, 5.74) is 2.59. The van der Waals surface area contributed by atoms with Crippen molar-refractivity contribution in [3.8, 4) is 5.75 Å². The van der Waals surface area contributed by atoms with E-state index < -0.39 is 5.54 Å². The molecule has 0 aliphatic carbocycles. The third kappa shape index (κ3) is 2.84. The van der Waals surface area contributed by atoms with Crippen LogP contribution in [0.15, 0.2) is 24.3 Å². The van der Waals surface area contributed by atoms with Gasteiger partial charge in [0.2, 0.25) is 0 Å². The van der Waals surface area contributed by atoms with Gasteiger partial charge in [0.25, 0.3) is 5.91 Å². The number of nitrogens with one attached hydrogen (secondary N) is 1. The van der Waals surface area contributed by atoms with Crippen molar-refractivity contribution < 1.29 is 9.53 Å². The van der Waals surface area contributed by atoms with Crippen LogP contribution in [0.1, 0.15) is 41.2 Å². The molecule has 118 valence electrons. The summed E-state index contributed by atoms with van der Waals surface area (Å²) in [5.74, 6) is 0.631. The third-order valence-electron chi connectivity index (χ3n) is 3.94. The number of aryl methyl sites for hydroxylation is 2. The first kappa shape index (κ1) is 16.1. The number of rotatable bonds is 4. The van der Waals surface area contributed by atoms with Gasteiger partial charge in [-0.15, -0.1) is 0 Å². The summed E-state index contributed by atoms with van der Waals surface area (Å²) in [4.78, 5) is 12.7. The summed E-state index contributed by atoms with van der Waals surface area (Å²) < 4.78 is 7.13. The summed E-state index contributed by atoms with van der Waals surface area (Å²) in [6.45, 7) is 7.66. The van der Waals surface area contributed by atoms with E-state index in [0.29, 0.717) is 5.56 Å². The van der Waals surface area contributed by atoms with Gasteiger partial charge >= 0.3 is 0 Å². The molecule has 1 amide bonds. The lowest BCUT2D eigenvalue weighted by molar-refractivity contribution is 0.0910. The van der Waals surface area contributed by atoms with E-state index >= 15 is 0 Å². The molecule has 1 aromatic carbocycles. The molecule has 1 aromatic heterocycles. The van der Waals surface area contributed by atoms with Crippen LogP contribution in [0.4, 0.5) is 0 Å². The number of ether oxygens (including phenoxy) is 1. The minimum Gasteiger partial charge on any atom is -0.496 e. The van der Waals surface area contributed by atoms with Gasteiger partial charge in [0.1, 0.15) is 5.75 Å². The Morgan fingerprint density at radius 2 is 1.91 bits per heavy atom. The Labute approximate surface area is 131 Å². The standard InChI is InChI=1S/C17H23N3O2/c1-11-15(12(2)20(5)19-11)16(21)18-17(3,4)13-9-7-8-10-14(13)22-6/h7-10H,1-6H3,(H,18,21). The second-order valence-electron chi connectivity index (χ2n) is 5.95. The lowest BCUT2D eigenvalue weighted by atomic mass is 9.92. The number of para-hydroxylation sites is 1. The molecule has 2 aromatic rings. The molecule has 0 saturated heterocycles. The number of benzene rings is 1. The minimum absolute atomic E-state index is 0.126. The van der Waals surface area contributed by atoms with Crippen molar-refractivity contribution in [2.24, 2.45) is 7.05 Å². The van der Waals surface area contributed by atoms with E-state index in [2.05, 4.69) is 10.4 Å². The number of hydrogen-bond donors (Lipinski definition) is 1. The first-order chi connectivity index (χ1) is 10.3. The van der Waals surface area contributed by atoms with Crippen LogP contribution >= 0.6 is 0 Å². The second kappa shape index (κ2) is 5.83. The first-order valence-electron chi connectivity index (χ1n) is 7.24. The van der Waals surface area contributed by atoms with Crippen LogP contribution in [0.3, 0.4) is 0 Å². The number of carbonyl (C=O) groups is 1. The van der Waals surface area contributed by atoms with Gasteiger partial charge in [-0.3, -0.25) is 9.48 Å². The van der Waals surface area contributed by atoms with Crippen molar-refractivity contribution in [1.29, 1.82) is 0 Å². The van der Waals surface area contributed by atoms with Gasteiger partial charge < -0.3 is 10.1 Å². The molecule has 5 nitrogen and oxygen atoms in total. The monoisotopic (exact) mass is 301 g/mol. The molecule has 0 fully saturated rings. The van der Waals surface area contributed by atoms with Gasteiger partial charge in [-0.2, -0.15) is 5.10 Å². The van der Waals surface area contributed by atoms with Crippen LogP contribution in [0.5, 0.6) is 5.75 Å². The van der Waals surface area contributed by atoms with E-state index in [4.69, 9.17) is 4.74 Å². The minimum atomic E-state index is -0.557. The van der Waals surface area contributed by atoms with Crippen molar-refractivity contribution in [1.82, 2.24) is 15.1 Å². The van der Waals surface area contributed by atoms with E-state index in [1.807, 2.05) is 59.0 Å². The fourth-order valence-electron chi connectivity index (χ4n) is 2.68. The quantitative estimate of drug-likeness (QED) is 0.944. The van der Waals surface area contributed by atoms with Crippen LogP contribution in [0, 0.1) is 13.8 Å². The van der Waals surface area contributed by atoms with Crippen molar-refractivity contribution in [2.45, 2.75) is 33.2 Å². The number of methoxy groups -OCH3 is 1. The zero-order valence-electron chi connectivity index (χ0n) is 14.0. The topological polar surface area (TPSA) is 56.1 Å². The number of amides is 1.